The van der Waals surface area contributed by atoms with Gasteiger partial charge < -0.3 is 0 Å². The highest BCUT2D eigenvalue weighted by atomic mass is 16.1. The molecule has 0 radical (unpaired) electrons. The fourth-order valence-electron chi connectivity index (χ4n) is 3.10. The van der Waals surface area contributed by atoms with E-state index in [1.54, 1.807) is 0 Å². The fraction of sp³-hybridized carbons (Fsp3) is 0.185. The van der Waals surface area contributed by atoms with Crippen molar-refractivity contribution in [1.29, 1.82) is 0 Å². The lowest BCUT2D eigenvalue weighted by atomic mass is 9.98. The molecule has 0 aliphatic heterocycles. The summed E-state index contributed by atoms with van der Waals surface area (Å²) < 4.78 is 0. The molecule has 0 fully saturated rings. The number of carbonyl (C=O) groups excluding carboxylic acids is 2. The first-order valence-electron chi connectivity index (χ1n) is 9.77. The summed E-state index contributed by atoms with van der Waals surface area (Å²) in [4.78, 5) is 23.1. The van der Waals surface area contributed by atoms with Gasteiger partial charge in [-0.3, -0.25) is 9.59 Å². The topological polar surface area (TPSA) is 34.1 Å². The second-order valence-electron chi connectivity index (χ2n) is 7.18. The number of hydrogen-bond donors (Lipinski definition) is 0. The third-order valence-electron chi connectivity index (χ3n) is 4.88. The molecule has 0 bridgehead atoms. The Morgan fingerprint density at radius 3 is 1.24 bits per heavy atom. The van der Waals surface area contributed by atoms with Gasteiger partial charge in [-0.05, 0) is 64.8 Å². The van der Waals surface area contributed by atoms with Crippen LogP contribution < -0.4 is 0 Å². The van der Waals surface area contributed by atoms with E-state index in [0.717, 1.165) is 30.4 Å². The third-order valence-corrected chi connectivity index (χ3v) is 4.88. The Hall–Kier alpha value is -3.26. The molecule has 2 heteroatoms. The largest absolute Gasteiger partial charge is 0.290 e. The minimum absolute atomic E-state index is 0.100. The molecular weight excluding hydrogens is 356 g/mol. The van der Waals surface area contributed by atoms with Gasteiger partial charge in [0.2, 0.25) is 0 Å². The third kappa shape index (κ3) is 7.00. The van der Waals surface area contributed by atoms with Gasteiger partial charge in [-0.1, -0.05) is 74.8 Å². The first-order valence-corrected chi connectivity index (χ1v) is 9.77. The lowest BCUT2D eigenvalue weighted by molar-refractivity contribution is -0.112. The van der Waals surface area contributed by atoms with Crippen molar-refractivity contribution in [2.75, 3.05) is 0 Å². The van der Waals surface area contributed by atoms with Crippen LogP contribution in [-0.2, 0) is 35.3 Å². The second kappa shape index (κ2) is 10.9. The van der Waals surface area contributed by atoms with Gasteiger partial charge in [-0.2, -0.15) is 0 Å². The van der Waals surface area contributed by atoms with Gasteiger partial charge in [0.25, 0.3) is 0 Å². The molecular formula is C27H28O2. The van der Waals surface area contributed by atoms with Crippen LogP contribution in [0.25, 0.3) is 0 Å². The number of carbonyl (C=O) groups is 2. The van der Waals surface area contributed by atoms with E-state index in [9.17, 15) is 9.59 Å². The Morgan fingerprint density at radius 1 is 0.621 bits per heavy atom. The molecule has 0 amide bonds. The Bertz CT molecular complexity index is 835. The molecule has 0 saturated carbocycles. The number of rotatable bonds is 12. The Morgan fingerprint density at radius 2 is 0.931 bits per heavy atom. The van der Waals surface area contributed by atoms with E-state index < -0.39 is 0 Å². The molecule has 0 unspecified atom stereocenters. The molecule has 148 valence electrons. The van der Waals surface area contributed by atoms with E-state index in [1.807, 2.05) is 0 Å². The number of ketones is 2. The Kier molecular flexibility index (Phi) is 8.29. The molecule has 0 N–H and O–H groups in total. The smallest absolute Gasteiger partial charge is 0.180 e. The summed E-state index contributed by atoms with van der Waals surface area (Å²) in [7, 11) is 0. The summed E-state index contributed by atoms with van der Waals surface area (Å²) in [5, 5.41) is 0. The van der Waals surface area contributed by atoms with Crippen molar-refractivity contribution in [2.45, 2.75) is 32.1 Å². The SMILES string of the molecule is C=CC(=O)C(=C)Cc1ccc(CCCc2ccc(CC(=C)C(=O)C=C)cc2)cc1. The highest BCUT2D eigenvalue weighted by Gasteiger charge is 2.05. The van der Waals surface area contributed by atoms with Gasteiger partial charge in [-0.25, -0.2) is 0 Å². The predicted molar refractivity (Wildman–Crippen MR) is 121 cm³/mol. The van der Waals surface area contributed by atoms with Crippen LogP contribution in [0.4, 0.5) is 0 Å². The number of hydrogen-bond acceptors (Lipinski definition) is 2. The number of benzene rings is 2. The van der Waals surface area contributed by atoms with Gasteiger partial charge in [-0.15, -0.1) is 0 Å². The Balaban J connectivity index is 1.81. The van der Waals surface area contributed by atoms with Crippen LogP contribution in [0.5, 0.6) is 0 Å². The highest BCUT2D eigenvalue weighted by molar-refractivity contribution is 6.03. The minimum Gasteiger partial charge on any atom is -0.290 e. The average molecular weight is 385 g/mol. The zero-order chi connectivity index (χ0) is 21.2. The first kappa shape index (κ1) is 22.0. The van der Waals surface area contributed by atoms with Crippen LogP contribution in [0.1, 0.15) is 28.7 Å². The van der Waals surface area contributed by atoms with Gasteiger partial charge >= 0.3 is 0 Å². The predicted octanol–water partition coefficient (Wildman–Crippen LogP) is 5.57. The molecule has 0 aliphatic carbocycles. The van der Waals surface area contributed by atoms with Crippen molar-refractivity contribution >= 4 is 11.6 Å². The minimum atomic E-state index is -0.100. The molecule has 2 nitrogen and oxygen atoms in total. The lowest BCUT2D eigenvalue weighted by Crippen LogP contribution is -2.00. The van der Waals surface area contributed by atoms with Crippen LogP contribution >= 0.6 is 0 Å². The van der Waals surface area contributed by atoms with Crippen molar-refractivity contribution in [3.63, 3.8) is 0 Å². The standard InChI is InChI=1S/C27H28O2/c1-5-26(28)20(3)18-24-14-10-22(11-15-24)8-7-9-23-12-16-25(17-13-23)19-21(4)27(29)6-2/h5-6,10-17H,1-4,7-9,18-19H2. The van der Waals surface area contributed by atoms with E-state index in [0.29, 0.717) is 24.0 Å². The molecule has 0 atom stereocenters. The summed E-state index contributed by atoms with van der Waals surface area (Å²) >= 11 is 0. The monoisotopic (exact) mass is 384 g/mol. The zero-order valence-corrected chi connectivity index (χ0v) is 17.0. The summed E-state index contributed by atoms with van der Waals surface area (Å²) in [6.45, 7) is 14.6. The van der Waals surface area contributed by atoms with E-state index in [1.165, 1.54) is 23.3 Å². The van der Waals surface area contributed by atoms with Crippen LogP contribution in [-0.4, -0.2) is 11.6 Å². The van der Waals surface area contributed by atoms with Gasteiger partial charge in [0.05, 0.1) is 0 Å². The van der Waals surface area contributed by atoms with Crippen LogP contribution in [0.3, 0.4) is 0 Å². The average Bonchev–Trinajstić information content (AvgIpc) is 2.74. The lowest BCUT2D eigenvalue weighted by Gasteiger charge is -2.07. The maximum Gasteiger partial charge on any atom is 0.180 e. The molecule has 2 aromatic carbocycles. The number of allylic oxidation sites excluding steroid dienone is 4. The van der Waals surface area contributed by atoms with E-state index in [4.69, 9.17) is 0 Å². The molecule has 0 spiro atoms. The van der Waals surface area contributed by atoms with Crippen molar-refractivity contribution < 1.29 is 9.59 Å². The summed E-state index contributed by atoms with van der Waals surface area (Å²) in [6, 6.07) is 16.7. The van der Waals surface area contributed by atoms with Crippen LogP contribution in [0, 0.1) is 0 Å². The zero-order valence-electron chi connectivity index (χ0n) is 17.0. The Labute approximate surface area is 174 Å². The first-order chi connectivity index (χ1) is 13.9. The van der Waals surface area contributed by atoms with Crippen molar-refractivity contribution in [1.82, 2.24) is 0 Å². The normalized spacial score (nSPS) is 10.2. The second-order valence-corrected chi connectivity index (χ2v) is 7.18. The molecule has 29 heavy (non-hydrogen) atoms. The van der Waals surface area contributed by atoms with Gasteiger partial charge in [0.1, 0.15) is 0 Å². The molecule has 0 aliphatic rings. The van der Waals surface area contributed by atoms with Crippen LogP contribution in [0.15, 0.2) is 98.1 Å². The molecule has 2 rings (SSSR count). The fourth-order valence-corrected chi connectivity index (χ4v) is 3.10. The highest BCUT2D eigenvalue weighted by Crippen LogP contribution is 2.14. The summed E-state index contributed by atoms with van der Waals surface area (Å²) in [5.41, 5.74) is 5.86. The van der Waals surface area contributed by atoms with Crippen molar-refractivity contribution in [2.24, 2.45) is 0 Å². The van der Waals surface area contributed by atoms with E-state index in [-0.39, 0.29) is 11.6 Å². The maximum atomic E-state index is 11.5. The van der Waals surface area contributed by atoms with Crippen LogP contribution in [0.2, 0.25) is 0 Å². The summed E-state index contributed by atoms with van der Waals surface area (Å²) in [6.07, 6.45) is 6.78. The summed E-state index contributed by atoms with van der Waals surface area (Å²) in [5.74, 6) is -0.201. The van der Waals surface area contributed by atoms with Gasteiger partial charge in [0, 0.05) is 12.8 Å². The van der Waals surface area contributed by atoms with E-state index in [2.05, 4.69) is 74.8 Å². The molecule has 0 aromatic heterocycles. The molecule has 0 heterocycles. The quantitative estimate of drug-likeness (QED) is 0.448. The van der Waals surface area contributed by atoms with E-state index >= 15 is 0 Å². The molecule has 0 saturated heterocycles. The van der Waals surface area contributed by atoms with Gasteiger partial charge in [0.15, 0.2) is 11.6 Å². The maximum absolute atomic E-state index is 11.5. The molecule has 2 aromatic rings. The van der Waals surface area contributed by atoms with Crippen molar-refractivity contribution in [3.8, 4) is 0 Å². The van der Waals surface area contributed by atoms with Crippen molar-refractivity contribution in [3.05, 3.63) is 120 Å². The number of aryl methyl sites for hydroxylation is 2.